The van der Waals surface area contributed by atoms with Gasteiger partial charge in [-0.15, -0.1) is 0 Å². The molecule has 2 aromatic carbocycles. The molecule has 5 aromatic rings. The molecule has 2 atom stereocenters. The van der Waals surface area contributed by atoms with E-state index in [0.717, 1.165) is 39.6 Å². The first kappa shape index (κ1) is 23.5. The van der Waals surface area contributed by atoms with Crippen molar-refractivity contribution in [2.45, 2.75) is 38.7 Å². The van der Waals surface area contributed by atoms with E-state index in [1.165, 1.54) is 0 Å². The van der Waals surface area contributed by atoms with Crippen LogP contribution in [0.1, 0.15) is 30.7 Å². The van der Waals surface area contributed by atoms with Gasteiger partial charge in [0.05, 0.1) is 17.6 Å². The van der Waals surface area contributed by atoms with Crippen LogP contribution in [0.4, 0.5) is 0 Å². The lowest BCUT2D eigenvalue weighted by molar-refractivity contribution is -0.151. The van der Waals surface area contributed by atoms with Gasteiger partial charge in [0, 0.05) is 25.2 Å². The number of fused-ring (bicyclic) bond motifs is 3. The third kappa shape index (κ3) is 4.92. The fourth-order valence-electron chi connectivity index (χ4n) is 4.37. The van der Waals surface area contributed by atoms with E-state index in [1.807, 2.05) is 78.9 Å². The molecule has 36 heavy (non-hydrogen) atoms. The van der Waals surface area contributed by atoms with Crippen LogP contribution in [-0.4, -0.2) is 31.7 Å². The van der Waals surface area contributed by atoms with Gasteiger partial charge in [-0.2, -0.15) is 0 Å². The summed E-state index contributed by atoms with van der Waals surface area (Å²) in [6.45, 7) is 2.32. The number of carboxylic acid groups (broad SMARTS) is 1. The summed E-state index contributed by atoms with van der Waals surface area (Å²) >= 11 is 0. The van der Waals surface area contributed by atoms with Crippen LogP contribution < -0.4 is 4.74 Å². The Balaban J connectivity index is 1.32. The molecule has 3 aromatic heterocycles. The summed E-state index contributed by atoms with van der Waals surface area (Å²) in [5.41, 5.74) is 5.43. The molecule has 0 amide bonds. The quantitative estimate of drug-likeness (QED) is 0.272. The van der Waals surface area contributed by atoms with Crippen molar-refractivity contribution >= 4 is 28.0 Å². The molecule has 182 valence electrons. The number of ether oxygens (including phenoxy) is 2. The van der Waals surface area contributed by atoms with Crippen molar-refractivity contribution in [3.05, 3.63) is 102 Å². The van der Waals surface area contributed by atoms with E-state index in [2.05, 4.69) is 21.5 Å². The molecule has 0 saturated heterocycles. The Morgan fingerprint density at radius 3 is 2.08 bits per heavy atom. The van der Waals surface area contributed by atoms with Gasteiger partial charge >= 0.3 is 5.97 Å². The molecule has 1 N–H and O–H groups in total. The maximum absolute atomic E-state index is 11.8. The molecule has 0 fully saturated rings. The first-order valence-electron chi connectivity index (χ1n) is 12.0. The minimum atomic E-state index is -0.981. The lowest BCUT2D eigenvalue weighted by Crippen LogP contribution is -2.26. The number of aromatic nitrogens is 3. The first-order valence-corrected chi connectivity index (χ1v) is 12.0. The fraction of sp³-hybridized carbons (Fsp3) is 0.207. The van der Waals surface area contributed by atoms with Crippen LogP contribution in [0.5, 0.6) is 5.75 Å². The average molecular weight is 482 g/mol. The minimum Gasteiger partial charge on any atom is -0.479 e. The predicted octanol–water partition coefficient (Wildman–Crippen LogP) is 5.78. The van der Waals surface area contributed by atoms with E-state index < -0.39 is 12.1 Å². The summed E-state index contributed by atoms with van der Waals surface area (Å²) in [6, 6.07) is 25.0. The molecule has 0 saturated carbocycles. The van der Waals surface area contributed by atoms with Crippen molar-refractivity contribution in [2.75, 3.05) is 0 Å². The lowest BCUT2D eigenvalue weighted by atomic mass is 10.1. The van der Waals surface area contributed by atoms with Gasteiger partial charge in [0.15, 0.2) is 12.3 Å². The van der Waals surface area contributed by atoms with E-state index >= 15 is 0 Å². The van der Waals surface area contributed by atoms with E-state index in [-0.39, 0.29) is 19.3 Å². The van der Waals surface area contributed by atoms with Crippen LogP contribution in [0.2, 0.25) is 0 Å². The molecule has 0 radical (unpaired) electrons. The van der Waals surface area contributed by atoms with Crippen molar-refractivity contribution < 1.29 is 19.4 Å². The van der Waals surface area contributed by atoms with Gasteiger partial charge in [-0.25, -0.2) is 4.79 Å². The number of rotatable bonds is 10. The summed E-state index contributed by atoms with van der Waals surface area (Å²) < 4.78 is 14.2. The summed E-state index contributed by atoms with van der Waals surface area (Å²) in [6.07, 6.45) is 3.36. The third-order valence-corrected chi connectivity index (χ3v) is 6.14. The summed E-state index contributed by atoms with van der Waals surface area (Å²) in [4.78, 5) is 20.8. The SMILES string of the molecule is CCC(Oc1ccc(CC(OCc2ccccc2)C(=O)O)cc1)n1c2cccnc2c2ncccc21. The molecular formula is C29H27N3O4. The maximum Gasteiger partial charge on any atom is 0.333 e. The zero-order chi connectivity index (χ0) is 24.9. The van der Waals surface area contributed by atoms with Crippen LogP contribution >= 0.6 is 0 Å². The number of hydrogen-bond acceptors (Lipinski definition) is 5. The summed E-state index contributed by atoms with van der Waals surface area (Å²) in [5.74, 6) is -0.281. The minimum absolute atomic E-state index is 0.250. The van der Waals surface area contributed by atoms with E-state index in [4.69, 9.17) is 9.47 Å². The number of carbonyl (C=O) groups is 1. The normalized spacial score (nSPS) is 13.0. The highest BCUT2D eigenvalue weighted by molar-refractivity contribution is 6.03. The molecular weight excluding hydrogens is 454 g/mol. The fourth-order valence-corrected chi connectivity index (χ4v) is 4.37. The summed E-state index contributed by atoms with van der Waals surface area (Å²) in [7, 11) is 0. The van der Waals surface area contributed by atoms with Crippen molar-refractivity contribution in [1.82, 2.24) is 14.5 Å². The Morgan fingerprint density at radius 2 is 1.50 bits per heavy atom. The Kier molecular flexibility index (Phi) is 6.91. The zero-order valence-corrected chi connectivity index (χ0v) is 19.9. The second-order valence-electron chi connectivity index (χ2n) is 8.56. The largest absolute Gasteiger partial charge is 0.479 e. The molecule has 0 aliphatic rings. The Hall–Kier alpha value is -4.23. The zero-order valence-electron chi connectivity index (χ0n) is 19.9. The Labute approximate surface area is 209 Å². The van der Waals surface area contributed by atoms with Gasteiger partial charge in [0.2, 0.25) is 0 Å². The molecule has 5 rings (SSSR count). The van der Waals surface area contributed by atoms with Gasteiger partial charge in [0.25, 0.3) is 0 Å². The number of hydrogen-bond donors (Lipinski definition) is 1. The van der Waals surface area contributed by atoms with Crippen molar-refractivity contribution in [1.29, 1.82) is 0 Å². The Morgan fingerprint density at radius 1 is 0.861 bits per heavy atom. The maximum atomic E-state index is 11.8. The van der Waals surface area contributed by atoms with Crippen LogP contribution in [0.3, 0.4) is 0 Å². The summed E-state index contributed by atoms with van der Waals surface area (Å²) in [5, 5.41) is 9.63. The standard InChI is InChI=1S/C29H27N3O4/c1-2-26(32-23-10-6-16-30-27(23)28-24(32)11-7-17-31-28)36-22-14-12-20(13-15-22)18-25(29(33)34)35-19-21-8-4-3-5-9-21/h3-17,25-26H,2,18-19H2,1H3,(H,33,34). The van der Waals surface area contributed by atoms with Gasteiger partial charge in [-0.05, 0) is 47.5 Å². The topological polar surface area (TPSA) is 86.5 Å². The highest BCUT2D eigenvalue weighted by atomic mass is 16.5. The first-order chi connectivity index (χ1) is 17.6. The molecule has 0 aliphatic heterocycles. The van der Waals surface area contributed by atoms with Crippen molar-refractivity contribution in [3.8, 4) is 5.75 Å². The molecule has 0 bridgehead atoms. The number of carboxylic acids is 1. The van der Waals surface area contributed by atoms with Gasteiger partial charge in [-0.3, -0.25) is 9.97 Å². The van der Waals surface area contributed by atoms with Crippen LogP contribution in [0, 0.1) is 0 Å². The molecule has 3 heterocycles. The number of nitrogens with zero attached hydrogens (tertiary/aromatic N) is 3. The van der Waals surface area contributed by atoms with Gasteiger partial charge < -0.3 is 19.1 Å². The van der Waals surface area contributed by atoms with E-state index in [0.29, 0.717) is 5.75 Å². The van der Waals surface area contributed by atoms with Crippen LogP contribution in [0.25, 0.3) is 22.1 Å². The van der Waals surface area contributed by atoms with E-state index in [1.54, 1.807) is 12.4 Å². The number of benzene rings is 2. The van der Waals surface area contributed by atoms with E-state index in [9.17, 15) is 9.90 Å². The number of aliphatic carboxylic acids is 1. The molecule has 7 heteroatoms. The molecule has 0 aliphatic carbocycles. The molecule has 7 nitrogen and oxygen atoms in total. The Bertz CT molecular complexity index is 1410. The van der Waals surface area contributed by atoms with Crippen LogP contribution in [0.15, 0.2) is 91.3 Å². The average Bonchev–Trinajstić information content (AvgIpc) is 3.25. The lowest BCUT2D eigenvalue weighted by Gasteiger charge is -2.21. The predicted molar refractivity (Wildman–Crippen MR) is 138 cm³/mol. The second-order valence-corrected chi connectivity index (χ2v) is 8.56. The highest BCUT2D eigenvalue weighted by Crippen LogP contribution is 2.31. The number of pyridine rings is 2. The highest BCUT2D eigenvalue weighted by Gasteiger charge is 2.21. The van der Waals surface area contributed by atoms with Crippen molar-refractivity contribution in [2.24, 2.45) is 0 Å². The monoisotopic (exact) mass is 481 g/mol. The van der Waals surface area contributed by atoms with Gasteiger partial charge in [0.1, 0.15) is 16.8 Å². The van der Waals surface area contributed by atoms with Crippen LogP contribution in [-0.2, 0) is 22.6 Å². The molecule has 0 spiro atoms. The third-order valence-electron chi connectivity index (χ3n) is 6.14. The second kappa shape index (κ2) is 10.6. The molecule has 2 unspecified atom stereocenters. The smallest absolute Gasteiger partial charge is 0.333 e. The van der Waals surface area contributed by atoms with Crippen molar-refractivity contribution in [3.63, 3.8) is 0 Å². The van der Waals surface area contributed by atoms with Gasteiger partial charge in [-0.1, -0.05) is 49.4 Å².